The van der Waals surface area contributed by atoms with Crippen LogP contribution < -0.4 is 10.6 Å². The average molecular weight is 403 g/mol. The molecule has 0 saturated carbocycles. The Balaban J connectivity index is 1.35. The topological polar surface area (TPSA) is 59.0 Å². The molecule has 6 heteroatoms. The molecule has 2 aromatic carbocycles. The number of carbonyl (C=O) groups is 1. The Labute approximate surface area is 174 Å². The number of nitrogens with one attached hydrogen (secondary N) is 2. The second-order valence-corrected chi connectivity index (χ2v) is 7.41. The SMILES string of the molecule is O=C(NCCn1ccc(-c2ccsc2)n1)NC(c1ccccc1)c1ccccc1. The van der Waals surface area contributed by atoms with Crippen molar-refractivity contribution in [3.8, 4) is 11.3 Å². The molecule has 2 N–H and O–H groups in total. The lowest BCUT2D eigenvalue weighted by molar-refractivity contribution is 0.238. The highest BCUT2D eigenvalue weighted by Gasteiger charge is 2.16. The van der Waals surface area contributed by atoms with Crippen molar-refractivity contribution < 1.29 is 4.79 Å². The maximum absolute atomic E-state index is 12.5. The van der Waals surface area contributed by atoms with Gasteiger partial charge in [-0.15, -0.1) is 0 Å². The van der Waals surface area contributed by atoms with E-state index in [-0.39, 0.29) is 12.1 Å². The van der Waals surface area contributed by atoms with Crippen LogP contribution in [0, 0.1) is 0 Å². The van der Waals surface area contributed by atoms with Gasteiger partial charge in [0.05, 0.1) is 18.3 Å². The van der Waals surface area contributed by atoms with Crippen LogP contribution in [-0.4, -0.2) is 22.4 Å². The van der Waals surface area contributed by atoms with Crippen molar-refractivity contribution in [3.63, 3.8) is 0 Å². The average Bonchev–Trinajstić information content (AvgIpc) is 3.45. The fourth-order valence-corrected chi connectivity index (χ4v) is 3.82. The number of rotatable bonds is 7. The minimum atomic E-state index is -0.202. The van der Waals surface area contributed by atoms with Crippen LogP contribution in [0.2, 0.25) is 0 Å². The summed E-state index contributed by atoms with van der Waals surface area (Å²) in [7, 11) is 0. The number of hydrogen-bond donors (Lipinski definition) is 2. The van der Waals surface area contributed by atoms with Crippen LogP contribution in [0.25, 0.3) is 11.3 Å². The number of thiophene rings is 1. The molecule has 0 aliphatic rings. The maximum Gasteiger partial charge on any atom is 0.315 e. The highest BCUT2D eigenvalue weighted by atomic mass is 32.1. The molecule has 2 amide bonds. The molecule has 2 aromatic heterocycles. The van der Waals surface area contributed by atoms with Gasteiger partial charge in [-0.1, -0.05) is 60.7 Å². The lowest BCUT2D eigenvalue weighted by atomic mass is 9.99. The minimum absolute atomic E-state index is 0.201. The molecule has 0 fully saturated rings. The molecule has 0 spiro atoms. The molecule has 0 atom stereocenters. The molecule has 5 nitrogen and oxygen atoms in total. The van der Waals surface area contributed by atoms with E-state index >= 15 is 0 Å². The van der Waals surface area contributed by atoms with Crippen LogP contribution in [0.1, 0.15) is 17.2 Å². The van der Waals surface area contributed by atoms with Gasteiger partial charge in [0, 0.05) is 23.7 Å². The molecule has 0 saturated heterocycles. The number of nitrogens with zero attached hydrogens (tertiary/aromatic N) is 2. The fraction of sp³-hybridized carbons (Fsp3) is 0.130. The van der Waals surface area contributed by atoms with E-state index in [0.29, 0.717) is 13.1 Å². The Morgan fingerprint density at radius 1 is 0.966 bits per heavy atom. The third kappa shape index (κ3) is 4.92. The molecular weight excluding hydrogens is 380 g/mol. The number of carbonyl (C=O) groups excluding carboxylic acids is 1. The third-order valence-corrected chi connectivity index (χ3v) is 5.31. The standard InChI is InChI=1S/C23H22N4OS/c28-23(24-13-15-27-14-11-21(26-27)20-12-16-29-17-20)25-22(18-7-3-1-4-8-18)19-9-5-2-6-10-19/h1-12,14,16-17,22H,13,15H2,(H2,24,25,28). The molecule has 0 bridgehead atoms. The Morgan fingerprint density at radius 3 is 2.28 bits per heavy atom. The van der Waals surface area contributed by atoms with E-state index < -0.39 is 0 Å². The van der Waals surface area contributed by atoms with E-state index in [0.717, 1.165) is 22.4 Å². The lowest BCUT2D eigenvalue weighted by Crippen LogP contribution is -2.39. The van der Waals surface area contributed by atoms with Crippen molar-refractivity contribution >= 4 is 17.4 Å². The van der Waals surface area contributed by atoms with Crippen molar-refractivity contribution in [1.29, 1.82) is 0 Å². The highest BCUT2D eigenvalue weighted by molar-refractivity contribution is 7.08. The van der Waals surface area contributed by atoms with Gasteiger partial charge >= 0.3 is 6.03 Å². The van der Waals surface area contributed by atoms with Crippen molar-refractivity contribution in [2.75, 3.05) is 6.54 Å². The van der Waals surface area contributed by atoms with E-state index in [1.54, 1.807) is 11.3 Å². The Kier molecular flexibility index (Phi) is 6.02. The van der Waals surface area contributed by atoms with Crippen molar-refractivity contribution in [3.05, 3.63) is 101 Å². The van der Waals surface area contributed by atoms with Crippen LogP contribution in [-0.2, 0) is 6.54 Å². The van der Waals surface area contributed by atoms with E-state index in [1.165, 1.54) is 0 Å². The van der Waals surface area contributed by atoms with Gasteiger partial charge in [-0.25, -0.2) is 4.79 Å². The fourth-order valence-electron chi connectivity index (χ4n) is 3.17. The number of amides is 2. The van der Waals surface area contributed by atoms with Gasteiger partial charge in [0.25, 0.3) is 0 Å². The summed E-state index contributed by atoms with van der Waals surface area (Å²) in [6, 6.07) is 23.6. The molecule has 4 aromatic rings. The largest absolute Gasteiger partial charge is 0.336 e. The van der Waals surface area contributed by atoms with Crippen LogP contribution in [0.4, 0.5) is 4.79 Å². The van der Waals surface area contributed by atoms with Gasteiger partial charge in [0.2, 0.25) is 0 Å². The van der Waals surface area contributed by atoms with E-state index in [4.69, 9.17) is 0 Å². The Morgan fingerprint density at radius 2 is 1.66 bits per heavy atom. The summed E-state index contributed by atoms with van der Waals surface area (Å²) in [4.78, 5) is 12.5. The molecule has 0 aliphatic heterocycles. The normalized spacial score (nSPS) is 10.8. The summed E-state index contributed by atoms with van der Waals surface area (Å²) in [5, 5.41) is 14.7. The highest BCUT2D eigenvalue weighted by Crippen LogP contribution is 2.21. The quantitative estimate of drug-likeness (QED) is 0.471. The zero-order valence-electron chi connectivity index (χ0n) is 15.9. The summed E-state index contributed by atoms with van der Waals surface area (Å²) in [6.07, 6.45) is 1.93. The third-order valence-electron chi connectivity index (χ3n) is 4.63. The smallest absolute Gasteiger partial charge is 0.315 e. The first-order chi connectivity index (χ1) is 14.3. The summed E-state index contributed by atoms with van der Waals surface area (Å²) in [6.45, 7) is 1.10. The predicted molar refractivity (Wildman–Crippen MR) is 117 cm³/mol. The lowest BCUT2D eigenvalue weighted by Gasteiger charge is -2.20. The maximum atomic E-state index is 12.5. The van der Waals surface area contributed by atoms with Crippen LogP contribution in [0.5, 0.6) is 0 Å². The number of hydrogen-bond acceptors (Lipinski definition) is 3. The van der Waals surface area contributed by atoms with Gasteiger partial charge in [-0.3, -0.25) is 4.68 Å². The van der Waals surface area contributed by atoms with Crippen LogP contribution in [0.3, 0.4) is 0 Å². The molecule has 29 heavy (non-hydrogen) atoms. The predicted octanol–water partition coefficient (Wildman–Crippen LogP) is 4.70. The van der Waals surface area contributed by atoms with E-state index in [2.05, 4.69) is 27.2 Å². The van der Waals surface area contributed by atoms with Crippen LogP contribution >= 0.6 is 11.3 Å². The summed E-state index contributed by atoms with van der Waals surface area (Å²) in [5.74, 6) is 0. The molecule has 0 radical (unpaired) electrons. The van der Waals surface area contributed by atoms with Crippen LogP contribution in [0.15, 0.2) is 89.8 Å². The number of urea groups is 1. The molecule has 146 valence electrons. The van der Waals surface area contributed by atoms with Gasteiger partial charge < -0.3 is 10.6 Å². The minimum Gasteiger partial charge on any atom is -0.336 e. The van der Waals surface area contributed by atoms with Gasteiger partial charge in [0.15, 0.2) is 0 Å². The zero-order chi connectivity index (χ0) is 19.9. The van der Waals surface area contributed by atoms with E-state index in [9.17, 15) is 4.79 Å². The number of aromatic nitrogens is 2. The first-order valence-electron chi connectivity index (χ1n) is 9.50. The molecule has 4 rings (SSSR count). The van der Waals surface area contributed by atoms with Crippen molar-refractivity contribution in [2.24, 2.45) is 0 Å². The Bertz CT molecular complexity index is 990. The summed E-state index contributed by atoms with van der Waals surface area (Å²) in [5.41, 5.74) is 4.15. The second kappa shape index (κ2) is 9.21. The molecule has 0 aliphatic carbocycles. The summed E-state index contributed by atoms with van der Waals surface area (Å²) >= 11 is 1.65. The van der Waals surface area contributed by atoms with Gasteiger partial charge in [-0.2, -0.15) is 16.4 Å². The number of benzene rings is 2. The monoisotopic (exact) mass is 402 g/mol. The van der Waals surface area contributed by atoms with Gasteiger partial charge in [0.1, 0.15) is 0 Å². The molecule has 0 unspecified atom stereocenters. The Hall–Kier alpha value is -3.38. The first-order valence-corrected chi connectivity index (χ1v) is 10.4. The molecular formula is C23H22N4OS. The second-order valence-electron chi connectivity index (χ2n) is 6.63. The first kappa shape index (κ1) is 19.0. The van der Waals surface area contributed by atoms with Crippen molar-refractivity contribution in [2.45, 2.75) is 12.6 Å². The summed E-state index contributed by atoms with van der Waals surface area (Å²) < 4.78 is 1.85. The van der Waals surface area contributed by atoms with Crippen molar-refractivity contribution in [1.82, 2.24) is 20.4 Å². The molecule has 2 heterocycles. The zero-order valence-corrected chi connectivity index (χ0v) is 16.7. The van der Waals surface area contributed by atoms with Gasteiger partial charge in [-0.05, 0) is 28.6 Å². The van der Waals surface area contributed by atoms with E-state index in [1.807, 2.05) is 83.0 Å².